The van der Waals surface area contributed by atoms with E-state index in [2.05, 4.69) is 401 Å². The molecule has 0 unspecified atom stereocenters. The van der Waals surface area contributed by atoms with E-state index in [1.165, 1.54) is 0 Å². The first-order valence-corrected chi connectivity index (χ1v) is 39.7. The predicted molar refractivity (Wildman–Crippen MR) is 493 cm³/mol. The van der Waals surface area contributed by atoms with E-state index in [-0.39, 0.29) is 33.9 Å². The summed E-state index contributed by atoms with van der Waals surface area (Å²) >= 11 is 0. The van der Waals surface area contributed by atoms with Gasteiger partial charge in [0.05, 0.1) is 33.4 Å². The molecular weight excluding hydrogens is 1400 g/mol. The second-order valence-electron chi connectivity index (χ2n) is 31.3. The Labute approximate surface area is 690 Å². The van der Waals surface area contributed by atoms with Crippen molar-refractivity contribution in [2.75, 3.05) is 9.80 Å². The van der Waals surface area contributed by atoms with Crippen LogP contribution in [-0.2, 0) is 5.41 Å². The lowest BCUT2D eigenvalue weighted by atomic mass is 9.33. The molecule has 2 aliphatic rings. The average Bonchev–Trinajstić information content (AvgIpc) is 1.17. The minimum Gasteiger partial charge on any atom is -0.310 e. The number of hydrogen-bond donors (Lipinski definition) is 0. The van der Waals surface area contributed by atoms with Crippen molar-refractivity contribution in [2.24, 2.45) is 0 Å². The molecule has 19 aromatic rings. The fourth-order valence-corrected chi connectivity index (χ4v) is 17.7. The Morgan fingerprint density at radius 1 is 0.241 bits per heavy atom. The highest BCUT2D eigenvalue weighted by Gasteiger charge is 2.46. The summed E-state index contributed by atoms with van der Waals surface area (Å²) in [5.74, 6) is 0. The molecule has 0 spiro atoms. The van der Waals surface area contributed by atoms with Crippen LogP contribution in [-0.4, -0.2) is 11.3 Å². The first-order valence-electron chi connectivity index (χ1n) is 43.7. The van der Waals surface area contributed by atoms with Crippen LogP contribution >= 0.6 is 0 Å². The van der Waals surface area contributed by atoms with Gasteiger partial charge in [0.25, 0.3) is 6.71 Å². The summed E-state index contributed by atoms with van der Waals surface area (Å²) < 4.78 is 78.6. The summed E-state index contributed by atoms with van der Waals surface area (Å²) in [6.07, 6.45) is 0. The number of nitrogens with zero attached hydrogens (tertiary/aromatic N) is 3. The van der Waals surface area contributed by atoms with Crippen LogP contribution in [0.3, 0.4) is 0 Å². The molecule has 21 rings (SSSR count). The summed E-state index contributed by atoms with van der Waals surface area (Å²) in [6.45, 7) is 6.28. The number of benzene rings is 18. The standard InChI is InChI=1S/C112H80BN3/c1-112(2,3)93-72-107-109-108(73-93)116(111-98(82-48-26-11-27-49-82)68-92(80-44-22-9-23-45-80)70-100(111)87-53-33-51-84(63-87)76-36-14-5-15-37-76)106-74-94(114-103-56-30-28-54-95(103)96-55-29-31-57-104(96)114)59-60-101(106)113(109)102-71-85(90-65-88(77-38-16-6-17-39-77)64-89(66-90)78-40-18-7-19-41-78)58-61-105(102)115(107)110-97(81-46-24-10-25-47-81)67-91(79-42-20-8-21-43-79)69-99(110)86-52-32-50-83(62-86)75-34-12-4-13-35-75/h4-74H,1-3H3/i28D,29D,30D,31D,54D,55D,56D,57D. The number of anilines is 6. The van der Waals surface area contributed by atoms with E-state index in [4.69, 9.17) is 0 Å². The minimum absolute atomic E-state index is 0.00532. The van der Waals surface area contributed by atoms with Crippen molar-refractivity contribution in [3.8, 4) is 128 Å². The number of hydrogen-bond acceptors (Lipinski definition) is 2. The molecule has 3 heterocycles. The van der Waals surface area contributed by atoms with Gasteiger partial charge in [0, 0.05) is 61.5 Å². The first kappa shape index (κ1) is 61.1. The van der Waals surface area contributed by atoms with Crippen LogP contribution in [0.25, 0.3) is 150 Å². The zero-order chi connectivity index (χ0) is 84.3. The second kappa shape index (κ2) is 28.9. The largest absolute Gasteiger partial charge is 0.310 e. The normalized spacial score (nSPS) is 13.2. The van der Waals surface area contributed by atoms with E-state index in [1.807, 2.05) is 12.1 Å². The molecule has 3 nitrogen and oxygen atoms in total. The molecule has 116 heavy (non-hydrogen) atoms. The topological polar surface area (TPSA) is 11.4 Å². The fraction of sp³-hybridized carbons (Fsp3) is 0.0357. The van der Waals surface area contributed by atoms with Crippen LogP contribution < -0.4 is 26.2 Å². The van der Waals surface area contributed by atoms with E-state index in [9.17, 15) is 11.0 Å². The van der Waals surface area contributed by atoms with Gasteiger partial charge in [-0.2, -0.15) is 0 Å². The Balaban J connectivity index is 0.960. The van der Waals surface area contributed by atoms with Crippen LogP contribution in [0.1, 0.15) is 37.3 Å². The molecule has 0 saturated heterocycles. The molecule has 0 radical (unpaired) electrons. The van der Waals surface area contributed by atoms with Crippen LogP contribution in [0.4, 0.5) is 34.1 Å². The zero-order valence-electron chi connectivity index (χ0n) is 72.3. The third-order valence-corrected chi connectivity index (χ3v) is 23.3. The van der Waals surface area contributed by atoms with Crippen LogP contribution in [0.15, 0.2) is 431 Å². The van der Waals surface area contributed by atoms with Crippen molar-refractivity contribution >= 4 is 79.0 Å². The van der Waals surface area contributed by atoms with E-state index in [1.54, 1.807) is 4.57 Å². The van der Waals surface area contributed by atoms with Gasteiger partial charge in [-0.05, 0) is 225 Å². The minimum atomic E-state index is -0.591. The van der Waals surface area contributed by atoms with Crippen LogP contribution in [0.2, 0.25) is 0 Å². The molecule has 0 N–H and O–H groups in total. The Morgan fingerprint density at radius 3 is 0.966 bits per heavy atom. The highest BCUT2D eigenvalue weighted by Crippen LogP contribution is 2.56. The molecule has 0 bridgehead atoms. The lowest BCUT2D eigenvalue weighted by Crippen LogP contribution is -2.61. The van der Waals surface area contributed by atoms with Crippen molar-refractivity contribution in [1.29, 1.82) is 0 Å². The van der Waals surface area contributed by atoms with E-state index < -0.39 is 48.4 Å². The maximum atomic E-state index is 10.0. The van der Waals surface area contributed by atoms with E-state index in [0.29, 0.717) is 5.69 Å². The molecule has 0 aliphatic carbocycles. The molecule has 0 fully saturated rings. The van der Waals surface area contributed by atoms with E-state index >= 15 is 0 Å². The molecule has 1 aromatic heterocycles. The van der Waals surface area contributed by atoms with Gasteiger partial charge in [0.1, 0.15) is 0 Å². The third-order valence-electron chi connectivity index (χ3n) is 23.3. The molecule has 2 aliphatic heterocycles. The van der Waals surface area contributed by atoms with Crippen molar-refractivity contribution in [2.45, 2.75) is 26.2 Å². The molecule has 0 amide bonds. The number of fused-ring (bicyclic) bond motifs is 7. The van der Waals surface area contributed by atoms with Crippen molar-refractivity contribution < 1.29 is 11.0 Å². The van der Waals surface area contributed by atoms with Gasteiger partial charge in [-0.1, -0.05) is 354 Å². The monoisotopic (exact) mass is 1490 g/mol. The maximum absolute atomic E-state index is 10.0. The first-order chi connectivity index (χ1) is 60.5. The fourth-order valence-electron chi connectivity index (χ4n) is 17.7. The van der Waals surface area contributed by atoms with Gasteiger partial charge >= 0.3 is 0 Å². The van der Waals surface area contributed by atoms with Gasteiger partial charge < -0.3 is 14.4 Å². The van der Waals surface area contributed by atoms with Crippen LogP contribution in [0, 0.1) is 0 Å². The van der Waals surface area contributed by atoms with Crippen molar-refractivity contribution in [1.82, 2.24) is 4.57 Å². The van der Waals surface area contributed by atoms with E-state index in [0.717, 1.165) is 178 Å². The Hall–Kier alpha value is -14.6. The lowest BCUT2D eigenvalue weighted by molar-refractivity contribution is 0.590. The quantitative estimate of drug-likeness (QED) is 0.101. The summed E-state index contributed by atoms with van der Waals surface area (Å²) in [7, 11) is 0. The van der Waals surface area contributed by atoms with Crippen LogP contribution in [0.5, 0.6) is 0 Å². The van der Waals surface area contributed by atoms with Gasteiger partial charge in [-0.15, -0.1) is 0 Å². The highest BCUT2D eigenvalue weighted by molar-refractivity contribution is 7.00. The summed E-state index contributed by atoms with van der Waals surface area (Å²) in [4.78, 5) is 5.07. The summed E-state index contributed by atoms with van der Waals surface area (Å²) in [5, 5.41) is -0.0106. The van der Waals surface area contributed by atoms with Gasteiger partial charge in [0.2, 0.25) is 0 Å². The maximum Gasteiger partial charge on any atom is 0.252 e. The average molecular weight is 1490 g/mol. The lowest BCUT2D eigenvalue weighted by Gasteiger charge is -2.46. The molecule has 546 valence electrons. The summed E-state index contributed by atoms with van der Waals surface area (Å²) in [5.41, 5.74) is 31.7. The highest BCUT2D eigenvalue weighted by atomic mass is 15.2. The van der Waals surface area contributed by atoms with Gasteiger partial charge in [0.15, 0.2) is 0 Å². The predicted octanol–water partition coefficient (Wildman–Crippen LogP) is 28.5. The summed E-state index contributed by atoms with van der Waals surface area (Å²) in [6, 6.07) is 134. The smallest absolute Gasteiger partial charge is 0.252 e. The zero-order valence-corrected chi connectivity index (χ0v) is 64.3. The van der Waals surface area contributed by atoms with Gasteiger partial charge in [-0.3, -0.25) is 0 Å². The SMILES string of the molecule is [2H]c1c([2H])c([2H])c2c(c1[2H])c1c([2H])c([2H])c([2H])c([2H])c1n2-c1ccc2c(c1)N(c1c(-c3ccccc3)cc(-c3ccccc3)cc1-c1cccc(-c3ccccc3)c1)c1cc(C(C)(C)C)cc3c1B2c1cc(-c2cc(-c4ccccc4)cc(-c4ccccc4)c2)ccc1N3c1c(-c2ccccc2)cc(-c2ccccc2)cc1-c1cccc(-c2ccccc2)c1. The molecule has 0 atom stereocenters. The number of aromatic nitrogens is 1. The molecule has 18 aromatic carbocycles. The van der Waals surface area contributed by atoms with Gasteiger partial charge in [-0.25, -0.2) is 0 Å². The Morgan fingerprint density at radius 2 is 0.560 bits per heavy atom. The second-order valence-corrected chi connectivity index (χ2v) is 31.3. The molecule has 4 heteroatoms. The Kier molecular flexibility index (Phi) is 15.2. The molecule has 0 saturated carbocycles. The number of rotatable bonds is 14. The molecular formula is C112H80BN3. The Bertz CT molecular complexity index is 7340. The van der Waals surface area contributed by atoms with Crippen molar-refractivity contribution in [3.05, 3.63) is 436 Å². The van der Waals surface area contributed by atoms with Crippen molar-refractivity contribution in [3.63, 3.8) is 0 Å². The third kappa shape index (κ3) is 12.3. The number of para-hydroxylation sites is 2.